The van der Waals surface area contributed by atoms with Crippen LogP contribution in [0.5, 0.6) is 0 Å². The van der Waals surface area contributed by atoms with E-state index in [1.54, 1.807) is 0 Å². The number of H-pyrrole nitrogens is 1. The molecule has 2 rings (SSSR count). The van der Waals surface area contributed by atoms with Gasteiger partial charge in [-0.1, -0.05) is 5.11 Å². The molecule has 0 spiro atoms. The lowest BCUT2D eigenvalue weighted by Gasteiger charge is -2.20. The quantitative estimate of drug-likeness (QED) is 0.376. The zero-order valence-corrected chi connectivity index (χ0v) is 11.2. The van der Waals surface area contributed by atoms with E-state index in [2.05, 4.69) is 15.0 Å². The summed E-state index contributed by atoms with van der Waals surface area (Å²) in [6.07, 6.45) is -1.46. The zero-order chi connectivity index (χ0) is 15.6. The fraction of sp³-hybridized carbons (Fsp3) is 0.636. The van der Waals surface area contributed by atoms with Crippen molar-refractivity contribution in [2.75, 3.05) is 6.61 Å². The Kier molecular flexibility index (Phi) is 4.43. The van der Waals surface area contributed by atoms with Crippen LogP contribution in [0.4, 0.5) is 0 Å². The van der Waals surface area contributed by atoms with E-state index in [1.807, 2.05) is 0 Å². The van der Waals surface area contributed by atoms with E-state index in [9.17, 15) is 14.7 Å². The minimum atomic E-state index is -1.23. The third-order valence-corrected chi connectivity index (χ3v) is 3.36. The van der Waals surface area contributed by atoms with Crippen molar-refractivity contribution >= 4 is 0 Å². The predicted molar refractivity (Wildman–Crippen MR) is 70.6 cm³/mol. The Morgan fingerprint density at radius 1 is 1.67 bits per heavy atom. The molecule has 1 aromatic heterocycles. The molecule has 4 atom stereocenters. The van der Waals surface area contributed by atoms with Gasteiger partial charge in [0.15, 0.2) is 0 Å². The smallest absolute Gasteiger partial charge is 0.330 e. The van der Waals surface area contributed by atoms with E-state index in [0.717, 1.165) is 0 Å². The number of aryl methyl sites for hydroxylation is 1. The summed E-state index contributed by atoms with van der Waals surface area (Å²) in [6, 6.07) is -0.721. The Bertz CT molecular complexity index is 676. The Labute approximate surface area is 118 Å². The Morgan fingerprint density at radius 3 is 3.00 bits per heavy atom. The van der Waals surface area contributed by atoms with E-state index >= 15 is 0 Å². The van der Waals surface area contributed by atoms with Crippen LogP contribution in [-0.4, -0.2) is 44.6 Å². The number of ether oxygens (including phenoxy) is 1. The van der Waals surface area contributed by atoms with Crippen LogP contribution in [0, 0.1) is 6.92 Å². The Balaban J connectivity index is 2.35. The molecule has 1 aliphatic heterocycles. The van der Waals surface area contributed by atoms with Crippen LogP contribution in [0.3, 0.4) is 0 Å². The van der Waals surface area contributed by atoms with Crippen molar-refractivity contribution in [3.8, 4) is 0 Å². The topological polar surface area (TPSA) is 153 Å². The van der Waals surface area contributed by atoms with Crippen molar-refractivity contribution in [1.29, 1.82) is 0 Å². The van der Waals surface area contributed by atoms with Gasteiger partial charge in [0, 0.05) is 23.1 Å². The fourth-order valence-electron chi connectivity index (χ4n) is 2.28. The highest BCUT2D eigenvalue weighted by Gasteiger charge is 2.40. The molecule has 3 N–H and O–H groups in total. The van der Waals surface area contributed by atoms with Crippen molar-refractivity contribution in [3.05, 3.63) is 43.0 Å². The van der Waals surface area contributed by atoms with Gasteiger partial charge in [-0.15, -0.1) is 0 Å². The normalized spacial score (nSPS) is 26.3. The predicted octanol–water partition coefficient (Wildman–Crippen LogP) is -0.835. The van der Waals surface area contributed by atoms with Crippen LogP contribution in [0.2, 0.25) is 0 Å². The number of nitrogens with zero attached hydrogens (tertiary/aromatic N) is 4. The first-order valence-electron chi connectivity index (χ1n) is 6.28. The molecule has 2 heterocycles. The van der Waals surface area contributed by atoms with Gasteiger partial charge in [0.25, 0.3) is 5.56 Å². The maximum Gasteiger partial charge on any atom is 0.330 e. The highest BCUT2D eigenvalue weighted by atomic mass is 16.5. The summed E-state index contributed by atoms with van der Waals surface area (Å²) in [5.74, 6) is 0. The molecule has 1 fully saturated rings. The van der Waals surface area contributed by atoms with Gasteiger partial charge >= 0.3 is 5.69 Å². The highest BCUT2D eigenvalue weighted by molar-refractivity contribution is 5.02. The van der Waals surface area contributed by atoms with E-state index in [-0.39, 0.29) is 6.42 Å². The molecule has 0 saturated carbocycles. The first-order valence-corrected chi connectivity index (χ1v) is 6.28. The number of azide groups is 1. The van der Waals surface area contributed by atoms with E-state index in [4.69, 9.17) is 15.4 Å². The zero-order valence-electron chi connectivity index (χ0n) is 11.2. The summed E-state index contributed by atoms with van der Waals surface area (Å²) in [6.45, 7) is 0.975. The van der Waals surface area contributed by atoms with Crippen molar-refractivity contribution in [2.45, 2.75) is 37.8 Å². The average molecular weight is 297 g/mol. The summed E-state index contributed by atoms with van der Waals surface area (Å²) in [5.41, 5.74) is 7.71. The lowest BCUT2D eigenvalue weighted by Crippen LogP contribution is -2.37. The van der Waals surface area contributed by atoms with E-state index < -0.39 is 42.3 Å². The second-order valence-corrected chi connectivity index (χ2v) is 4.79. The summed E-state index contributed by atoms with van der Waals surface area (Å²) >= 11 is 0. The maximum absolute atomic E-state index is 11.8. The molecule has 0 amide bonds. The van der Waals surface area contributed by atoms with Gasteiger partial charge in [0.05, 0.1) is 18.8 Å². The van der Waals surface area contributed by atoms with Crippen LogP contribution < -0.4 is 11.2 Å². The Morgan fingerprint density at radius 2 is 2.38 bits per heavy atom. The van der Waals surface area contributed by atoms with E-state index in [1.165, 1.54) is 17.7 Å². The molecule has 0 aliphatic carbocycles. The van der Waals surface area contributed by atoms with Gasteiger partial charge in [-0.05, 0) is 12.5 Å². The molecular weight excluding hydrogens is 282 g/mol. The molecule has 1 aliphatic rings. The number of aromatic nitrogens is 2. The van der Waals surface area contributed by atoms with Crippen molar-refractivity contribution in [1.82, 2.24) is 9.55 Å². The van der Waals surface area contributed by atoms with Crippen LogP contribution >= 0.6 is 0 Å². The van der Waals surface area contributed by atoms with Gasteiger partial charge in [-0.2, -0.15) is 0 Å². The lowest BCUT2D eigenvalue weighted by atomic mass is 10.1. The van der Waals surface area contributed by atoms with Gasteiger partial charge in [-0.3, -0.25) is 14.3 Å². The molecule has 1 saturated heterocycles. The summed E-state index contributed by atoms with van der Waals surface area (Å²) in [7, 11) is 0. The number of rotatable bonds is 4. The Hall–Kier alpha value is -2.13. The minimum Gasteiger partial charge on any atom is -0.394 e. The molecule has 1 aromatic rings. The largest absolute Gasteiger partial charge is 0.394 e. The van der Waals surface area contributed by atoms with Gasteiger partial charge in [0.2, 0.25) is 0 Å². The molecule has 0 unspecified atom stereocenters. The number of aliphatic hydroxyl groups is 2. The van der Waals surface area contributed by atoms with Crippen LogP contribution in [0.25, 0.3) is 10.4 Å². The van der Waals surface area contributed by atoms with E-state index in [0.29, 0.717) is 5.56 Å². The molecule has 21 heavy (non-hydrogen) atoms. The third kappa shape index (κ3) is 2.98. The van der Waals surface area contributed by atoms with Crippen molar-refractivity contribution < 1.29 is 14.9 Å². The van der Waals surface area contributed by atoms with Crippen LogP contribution in [0.15, 0.2) is 20.9 Å². The number of hydrogen-bond donors (Lipinski definition) is 3. The second kappa shape index (κ2) is 6.10. The number of aliphatic hydroxyl groups excluding tert-OH is 2. The molecule has 0 radical (unpaired) electrons. The maximum atomic E-state index is 11.8. The molecule has 10 heteroatoms. The van der Waals surface area contributed by atoms with Crippen molar-refractivity contribution in [2.24, 2.45) is 5.11 Å². The summed E-state index contributed by atoms with van der Waals surface area (Å²) in [4.78, 5) is 28.0. The molecule has 0 aromatic carbocycles. The first kappa shape index (κ1) is 15.3. The monoisotopic (exact) mass is 297 g/mol. The number of hydrogen-bond acceptors (Lipinski definition) is 6. The minimum absolute atomic E-state index is 0.150. The third-order valence-electron chi connectivity index (χ3n) is 3.36. The molecule has 10 nitrogen and oxygen atoms in total. The van der Waals surface area contributed by atoms with Gasteiger partial charge in [0.1, 0.15) is 12.3 Å². The molecule has 0 bridgehead atoms. The first-order chi connectivity index (χ1) is 9.97. The summed E-state index contributed by atoms with van der Waals surface area (Å²) in [5, 5.41) is 22.2. The highest BCUT2D eigenvalue weighted by Crippen LogP contribution is 2.31. The van der Waals surface area contributed by atoms with Crippen LogP contribution in [-0.2, 0) is 4.74 Å². The summed E-state index contributed by atoms with van der Waals surface area (Å²) < 4.78 is 6.67. The lowest BCUT2D eigenvalue weighted by molar-refractivity contribution is -0.0781. The second-order valence-electron chi connectivity index (χ2n) is 4.79. The van der Waals surface area contributed by atoms with Gasteiger partial charge in [-0.25, -0.2) is 4.79 Å². The average Bonchev–Trinajstić information content (AvgIpc) is 2.86. The molecule has 114 valence electrons. The standard InChI is InChI=1S/C11H15N5O5/c1-5-3-16(11(20)13-10(5)19)8-2-6(14-15-12)9(21-8)7(18)4-17/h3,6-9,17-18H,2,4H2,1H3,(H,13,19,20)/t6-,7-,8+,9+/m1/s1. The van der Waals surface area contributed by atoms with Crippen LogP contribution in [0.1, 0.15) is 18.2 Å². The number of aromatic amines is 1. The van der Waals surface area contributed by atoms with Gasteiger partial charge < -0.3 is 14.9 Å². The number of nitrogens with one attached hydrogen (secondary N) is 1. The molecular formula is C11H15N5O5. The SMILES string of the molecule is Cc1cn([C@@H]2C[C@@H](N=[N+]=[N-])[C@@H]([C@H](O)CO)O2)c(=O)[nH]c1=O. The fourth-order valence-corrected chi connectivity index (χ4v) is 2.28. The van der Waals surface area contributed by atoms with Crippen molar-refractivity contribution in [3.63, 3.8) is 0 Å².